The van der Waals surface area contributed by atoms with Crippen LogP contribution in [-0.2, 0) is 20.9 Å². The van der Waals surface area contributed by atoms with Crippen LogP contribution in [0.4, 0.5) is 4.79 Å². The second-order valence-corrected chi connectivity index (χ2v) is 8.45. The van der Waals surface area contributed by atoms with Crippen molar-refractivity contribution < 1.29 is 19.1 Å². The van der Waals surface area contributed by atoms with Crippen molar-refractivity contribution in [2.75, 3.05) is 19.6 Å². The molecular formula is C22H34N2O4. The third kappa shape index (κ3) is 7.89. The molecule has 2 amide bonds. The third-order valence-electron chi connectivity index (χ3n) is 4.73. The molecule has 156 valence electrons. The summed E-state index contributed by atoms with van der Waals surface area (Å²) in [5.74, 6) is 0.276. The first kappa shape index (κ1) is 22.2. The predicted molar refractivity (Wildman–Crippen MR) is 109 cm³/mol. The van der Waals surface area contributed by atoms with Crippen molar-refractivity contribution in [1.29, 1.82) is 0 Å². The molecule has 1 aliphatic rings. The highest BCUT2D eigenvalue weighted by Gasteiger charge is 2.27. The second kappa shape index (κ2) is 10.5. The van der Waals surface area contributed by atoms with Crippen molar-refractivity contribution in [3.63, 3.8) is 0 Å². The van der Waals surface area contributed by atoms with E-state index < -0.39 is 11.7 Å². The fraction of sp³-hybridized carbons (Fsp3) is 0.636. The summed E-state index contributed by atoms with van der Waals surface area (Å²) in [5, 5.41) is 2.95. The summed E-state index contributed by atoms with van der Waals surface area (Å²) in [7, 11) is 0. The van der Waals surface area contributed by atoms with Gasteiger partial charge in [-0.05, 0) is 58.4 Å². The molecule has 2 unspecified atom stereocenters. The van der Waals surface area contributed by atoms with Crippen LogP contribution in [0.1, 0.15) is 52.5 Å². The van der Waals surface area contributed by atoms with E-state index in [-0.39, 0.29) is 12.0 Å². The standard InChI is InChI=1S/C22H34N2O4/c1-17(27-16-19-9-6-5-7-10-19)20(25)23-13-12-18-11-8-14-24(15-18)21(26)28-22(2,3)4/h5-7,9-10,17-18H,8,11-16H2,1-4H3,(H,23,25). The topological polar surface area (TPSA) is 67.9 Å². The fourth-order valence-electron chi connectivity index (χ4n) is 3.21. The smallest absolute Gasteiger partial charge is 0.410 e. The number of amides is 2. The van der Waals surface area contributed by atoms with Gasteiger partial charge in [-0.25, -0.2) is 4.79 Å². The normalized spacial score (nSPS) is 18.4. The van der Waals surface area contributed by atoms with Gasteiger partial charge in [-0.2, -0.15) is 0 Å². The molecular weight excluding hydrogens is 356 g/mol. The van der Waals surface area contributed by atoms with Gasteiger partial charge in [0, 0.05) is 19.6 Å². The van der Waals surface area contributed by atoms with Crippen LogP contribution in [-0.4, -0.2) is 48.2 Å². The lowest BCUT2D eigenvalue weighted by Gasteiger charge is -2.34. The number of benzene rings is 1. The number of hydrogen-bond donors (Lipinski definition) is 1. The van der Waals surface area contributed by atoms with E-state index in [2.05, 4.69) is 5.32 Å². The Bertz CT molecular complexity index is 627. The minimum atomic E-state index is -0.496. The molecule has 2 atom stereocenters. The average molecular weight is 391 g/mol. The quantitative estimate of drug-likeness (QED) is 0.770. The molecule has 0 bridgehead atoms. The molecule has 0 aliphatic carbocycles. The Hall–Kier alpha value is -2.08. The maximum atomic E-state index is 12.2. The summed E-state index contributed by atoms with van der Waals surface area (Å²) in [6.07, 6.45) is 2.13. The van der Waals surface area contributed by atoms with Gasteiger partial charge in [0.25, 0.3) is 0 Å². The van der Waals surface area contributed by atoms with E-state index in [0.717, 1.165) is 31.4 Å². The molecule has 0 saturated carbocycles. The maximum absolute atomic E-state index is 12.2. The first-order valence-corrected chi connectivity index (χ1v) is 10.2. The number of nitrogens with one attached hydrogen (secondary N) is 1. The van der Waals surface area contributed by atoms with E-state index in [1.54, 1.807) is 11.8 Å². The van der Waals surface area contributed by atoms with Crippen LogP contribution in [0.3, 0.4) is 0 Å². The lowest BCUT2D eigenvalue weighted by atomic mass is 9.95. The van der Waals surface area contributed by atoms with Crippen molar-refractivity contribution in [1.82, 2.24) is 10.2 Å². The molecule has 1 fully saturated rings. The highest BCUT2D eigenvalue weighted by atomic mass is 16.6. The summed E-state index contributed by atoms with van der Waals surface area (Å²) in [6, 6.07) is 9.81. The Kier molecular flexibility index (Phi) is 8.30. The number of carbonyl (C=O) groups excluding carboxylic acids is 2. The van der Waals surface area contributed by atoms with E-state index in [0.29, 0.717) is 25.6 Å². The zero-order valence-electron chi connectivity index (χ0n) is 17.6. The molecule has 1 aromatic carbocycles. The van der Waals surface area contributed by atoms with Gasteiger partial charge in [0.05, 0.1) is 6.61 Å². The Morgan fingerprint density at radius 3 is 2.64 bits per heavy atom. The van der Waals surface area contributed by atoms with Crippen LogP contribution < -0.4 is 5.32 Å². The highest BCUT2D eigenvalue weighted by molar-refractivity contribution is 5.80. The van der Waals surface area contributed by atoms with Crippen LogP contribution in [0, 0.1) is 5.92 Å². The van der Waals surface area contributed by atoms with E-state index in [1.165, 1.54) is 0 Å². The van der Waals surface area contributed by atoms with Gasteiger partial charge in [0.1, 0.15) is 11.7 Å². The lowest BCUT2D eigenvalue weighted by molar-refractivity contribution is -0.132. The molecule has 1 saturated heterocycles. The number of piperidine rings is 1. The zero-order valence-corrected chi connectivity index (χ0v) is 17.6. The number of rotatable bonds is 7. The summed E-state index contributed by atoms with van der Waals surface area (Å²) in [6.45, 7) is 9.83. The summed E-state index contributed by atoms with van der Waals surface area (Å²) < 4.78 is 11.1. The fourth-order valence-corrected chi connectivity index (χ4v) is 3.21. The van der Waals surface area contributed by atoms with Crippen molar-refractivity contribution in [3.05, 3.63) is 35.9 Å². The molecule has 6 heteroatoms. The van der Waals surface area contributed by atoms with Gasteiger partial charge in [-0.3, -0.25) is 4.79 Å². The van der Waals surface area contributed by atoms with E-state index in [1.807, 2.05) is 51.1 Å². The van der Waals surface area contributed by atoms with Crippen LogP contribution in [0.15, 0.2) is 30.3 Å². The molecule has 1 aromatic rings. The number of likely N-dealkylation sites (tertiary alicyclic amines) is 1. The molecule has 1 N–H and O–H groups in total. The number of carbonyl (C=O) groups is 2. The summed E-state index contributed by atoms with van der Waals surface area (Å²) >= 11 is 0. The summed E-state index contributed by atoms with van der Waals surface area (Å²) in [5.41, 5.74) is 0.569. The van der Waals surface area contributed by atoms with E-state index in [4.69, 9.17) is 9.47 Å². The van der Waals surface area contributed by atoms with Gasteiger partial charge in [-0.1, -0.05) is 30.3 Å². The summed E-state index contributed by atoms with van der Waals surface area (Å²) in [4.78, 5) is 26.2. The van der Waals surface area contributed by atoms with Gasteiger partial charge >= 0.3 is 6.09 Å². The first-order chi connectivity index (χ1) is 13.2. The largest absolute Gasteiger partial charge is 0.444 e. The van der Waals surface area contributed by atoms with Gasteiger partial charge in [0.15, 0.2) is 0 Å². The Labute approximate surface area is 168 Å². The number of nitrogens with zero attached hydrogens (tertiary/aromatic N) is 1. The second-order valence-electron chi connectivity index (χ2n) is 8.45. The molecule has 0 spiro atoms. The van der Waals surface area contributed by atoms with Crippen LogP contribution >= 0.6 is 0 Å². The monoisotopic (exact) mass is 390 g/mol. The zero-order chi connectivity index (χ0) is 20.6. The average Bonchev–Trinajstić information content (AvgIpc) is 2.65. The minimum absolute atomic E-state index is 0.101. The van der Waals surface area contributed by atoms with Gasteiger partial charge < -0.3 is 19.7 Å². The van der Waals surface area contributed by atoms with Crippen molar-refractivity contribution in [3.8, 4) is 0 Å². The SMILES string of the molecule is CC(OCc1ccccc1)C(=O)NCCC1CCCN(C(=O)OC(C)(C)C)C1. The van der Waals surface area contributed by atoms with Crippen molar-refractivity contribution >= 4 is 12.0 Å². The Morgan fingerprint density at radius 1 is 1.25 bits per heavy atom. The molecule has 0 radical (unpaired) electrons. The van der Waals surface area contributed by atoms with Gasteiger partial charge in [0.2, 0.25) is 5.91 Å². The third-order valence-corrected chi connectivity index (χ3v) is 4.73. The van der Waals surface area contributed by atoms with E-state index >= 15 is 0 Å². The maximum Gasteiger partial charge on any atom is 0.410 e. The Balaban J connectivity index is 1.67. The van der Waals surface area contributed by atoms with Crippen LogP contribution in [0.25, 0.3) is 0 Å². The number of ether oxygens (including phenoxy) is 2. The molecule has 1 heterocycles. The number of hydrogen-bond acceptors (Lipinski definition) is 4. The van der Waals surface area contributed by atoms with Gasteiger partial charge in [-0.15, -0.1) is 0 Å². The van der Waals surface area contributed by atoms with Crippen molar-refractivity contribution in [2.24, 2.45) is 5.92 Å². The molecule has 28 heavy (non-hydrogen) atoms. The Morgan fingerprint density at radius 2 is 1.96 bits per heavy atom. The molecule has 2 rings (SSSR count). The van der Waals surface area contributed by atoms with E-state index in [9.17, 15) is 9.59 Å². The minimum Gasteiger partial charge on any atom is -0.444 e. The molecule has 0 aromatic heterocycles. The predicted octanol–water partition coefficient (Wildman–Crippen LogP) is 3.75. The first-order valence-electron chi connectivity index (χ1n) is 10.2. The highest BCUT2D eigenvalue weighted by Crippen LogP contribution is 2.21. The van der Waals surface area contributed by atoms with Crippen LogP contribution in [0.5, 0.6) is 0 Å². The van der Waals surface area contributed by atoms with Crippen molar-refractivity contribution in [2.45, 2.75) is 65.3 Å². The van der Waals surface area contributed by atoms with Crippen LogP contribution in [0.2, 0.25) is 0 Å². The molecule has 6 nitrogen and oxygen atoms in total. The molecule has 1 aliphatic heterocycles. The lowest BCUT2D eigenvalue weighted by Crippen LogP contribution is -2.43.